The van der Waals surface area contributed by atoms with E-state index in [2.05, 4.69) is 24.3 Å². The highest BCUT2D eigenvalue weighted by molar-refractivity contribution is 7.99. The van der Waals surface area contributed by atoms with Gasteiger partial charge in [0.05, 0.1) is 11.6 Å². The van der Waals surface area contributed by atoms with E-state index in [4.69, 9.17) is 5.26 Å². The summed E-state index contributed by atoms with van der Waals surface area (Å²) in [6, 6.07) is 25.8. The highest BCUT2D eigenvalue weighted by Crippen LogP contribution is 2.29. The van der Waals surface area contributed by atoms with Crippen LogP contribution in [-0.2, 0) is 0 Å². The molecule has 0 amide bonds. The third-order valence-electron chi connectivity index (χ3n) is 6.36. The highest BCUT2D eigenvalue weighted by atomic mass is 32.2. The maximum atomic E-state index is 14.5. The summed E-state index contributed by atoms with van der Waals surface area (Å²) in [5.41, 5.74) is 1.91. The number of hydrogen-bond acceptors (Lipinski definition) is 3. The minimum atomic E-state index is -0.315. The fourth-order valence-electron chi connectivity index (χ4n) is 4.30. The summed E-state index contributed by atoms with van der Waals surface area (Å²) in [5, 5.41) is 11.3. The summed E-state index contributed by atoms with van der Waals surface area (Å²) in [4.78, 5) is 2.24. The second-order valence-electron chi connectivity index (χ2n) is 9.16. The summed E-state index contributed by atoms with van der Waals surface area (Å²) >= 11 is 3.61. The first-order valence-electron chi connectivity index (χ1n) is 12.9. The van der Waals surface area contributed by atoms with E-state index in [-0.39, 0.29) is 11.6 Å². The highest BCUT2D eigenvalue weighted by Gasteiger charge is 2.07. The number of rotatable bonds is 13. The molecule has 0 radical (unpaired) electrons. The summed E-state index contributed by atoms with van der Waals surface area (Å²) in [5.74, 6) is 1.56. The van der Waals surface area contributed by atoms with Crippen molar-refractivity contribution in [1.29, 1.82) is 5.26 Å². The van der Waals surface area contributed by atoms with E-state index in [1.54, 1.807) is 36.0 Å². The molecule has 0 aromatic heterocycles. The molecule has 4 aromatic rings. The summed E-state index contributed by atoms with van der Waals surface area (Å²) in [7, 11) is 0. The molecule has 0 N–H and O–H groups in total. The maximum Gasteiger partial charge on any atom is 0.132 e. The van der Waals surface area contributed by atoms with Gasteiger partial charge < -0.3 is 0 Å². The van der Waals surface area contributed by atoms with Gasteiger partial charge in [-0.1, -0.05) is 62.4 Å². The van der Waals surface area contributed by atoms with E-state index < -0.39 is 0 Å². The van der Waals surface area contributed by atoms with Gasteiger partial charge in [0.15, 0.2) is 0 Å². The molecule has 0 fully saturated rings. The first-order valence-corrected chi connectivity index (χ1v) is 14.8. The van der Waals surface area contributed by atoms with Crippen LogP contribution < -0.4 is 0 Å². The van der Waals surface area contributed by atoms with Crippen LogP contribution in [0.1, 0.15) is 50.5 Å². The molecule has 190 valence electrons. The Morgan fingerprint density at radius 3 is 1.81 bits per heavy atom. The van der Waals surface area contributed by atoms with E-state index >= 15 is 0 Å². The molecule has 0 bridgehead atoms. The molecule has 0 heterocycles. The molecule has 0 aliphatic heterocycles. The second-order valence-corrected chi connectivity index (χ2v) is 11.5. The quantitative estimate of drug-likeness (QED) is 0.127. The van der Waals surface area contributed by atoms with Gasteiger partial charge in [-0.2, -0.15) is 5.26 Å². The molecule has 0 saturated heterocycles. The van der Waals surface area contributed by atoms with E-state index in [0.717, 1.165) is 28.2 Å². The lowest BCUT2D eigenvalue weighted by Gasteiger charge is -2.07. The van der Waals surface area contributed by atoms with Gasteiger partial charge >= 0.3 is 0 Å². The SMILES string of the molecule is N#Cc1ccc2cc(SCCCCCCCCCSc3ccc(-c4ccc(F)cc4)c(F)c3)ccc2c1. The molecule has 0 aliphatic carbocycles. The molecule has 0 aliphatic rings. The van der Waals surface area contributed by atoms with Crippen molar-refractivity contribution in [3.63, 3.8) is 0 Å². The van der Waals surface area contributed by atoms with Crippen LogP contribution >= 0.6 is 23.5 Å². The topological polar surface area (TPSA) is 23.8 Å². The van der Waals surface area contributed by atoms with E-state index in [1.807, 2.05) is 36.0 Å². The Hall–Kier alpha value is -2.81. The number of nitrogens with zero attached hydrogens (tertiary/aromatic N) is 1. The fourth-order valence-corrected chi connectivity index (χ4v) is 6.19. The summed E-state index contributed by atoms with van der Waals surface area (Å²) in [6.07, 6.45) is 8.64. The molecule has 0 unspecified atom stereocenters. The van der Waals surface area contributed by atoms with Crippen molar-refractivity contribution in [3.05, 3.63) is 96.1 Å². The Balaban J connectivity index is 1.04. The minimum absolute atomic E-state index is 0.260. The molecular weight excluding hydrogens is 500 g/mol. The van der Waals surface area contributed by atoms with Crippen molar-refractivity contribution in [3.8, 4) is 17.2 Å². The molecule has 4 aromatic carbocycles. The lowest BCUT2D eigenvalue weighted by molar-refractivity contribution is 0.605. The zero-order chi connectivity index (χ0) is 25.9. The van der Waals surface area contributed by atoms with Crippen LogP contribution in [0.2, 0.25) is 0 Å². The monoisotopic (exact) mass is 531 g/mol. The van der Waals surface area contributed by atoms with Gasteiger partial charge in [-0.05, 0) is 89.2 Å². The van der Waals surface area contributed by atoms with Crippen molar-refractivity contribution < 1.29 is 8.78 Å². The van der Waals surface area contributed by atoms with Crippen LogP contribution in [0.5, 0.6) is 0 Å². The normalized spacial score (nSPS) is 11.1. The molecule has 5 heteroatoms. The molecule has 0 spiro atoms. The van der Waals surface area contributed by atoms with Crippen molar-refractivity contribution in [1.82, 2.24) is 0 Å². The third-order valence-corrected chi connectivity index (χ3v) is 8.52. The first-order chi connectivity index (χ1) is 18.1. The molecule has 0 atom stereocenters. The average Bonchev–Trinajstić information content (AvgIpc) is 2.92. The average molecular weight is 532 g/mol. The van der Waals surface area contributed by atoms with Crippen molar-refractivity contribution in [2.75, 3.05) is 11.5 Å². The number of benzene rings is 4. The van der Waals surface area contributed by atoms with Crippen LogP contribution in [-0.4, -0.2) is 11.5 Å². The van der Waals surface area contributed by atoms with Gasteiger partial charge in [-0.25, -0.2) is 8.78 Å². The van der Waals surface area contributed by atoms with Crippen LogP contribution in [0.25, 0.3) is 21.9 Å². The number of nitriles is 1. The van der Waals surface area contributed by atoms with Crippen molar-refractivity contribution >= 4 is 34.3 Å². The Bertz CT molecular complexity index is 1350. The summed E-state index contributed by atoms with van der Waals surface area (Å²) < 4.78 is 27.6. The Morgan fingerprint density at radius 1 is 0.595 bits per heavy atom. The van der Waals surface area contributed by atoms with Crippen LogP contribution in [0.4, 0.5) is 8.78 Å². The molecule has 0 saturated carbocycles. The molecular formula is C32H31F2NS2. The van der Waals surface area contributed by atoms with E-state index in [0.29, 0.717) is 16.7 Å². The van der Waals surface area contributed by atoms with E-state index in [9.17, 15) is 8.78 Å². The second kappa shape index (κ2) is 14.2. The minimum Gasteiger partial charge on any atom is -0.207 e. The van der Waals surface area contributed by atoms with Gasteiger partial charge in [0.1, 0.15) is 11.6 Å². The molecule has 4 rings (SSSR count). The number of unbranched alkanes of at least 4 members (excludes halogenated alkanes) is 6. The van der Waals surface area contributed by atoms with Crippen LogP contribution in [0, 0.1) is 23.0 Å². The van der Waals surface area contributed by atoms with Crippen LogP contribution in [0.3, 0.4) is 0 Å². The Labute approximate surface area is 227 Å². The van der Waals surface area contributed by atoms with Crippen LogP contribution in [0.15, 0.2) is 88.7 Å². The molecule has 1 nitrogen and oxygen atoms in total. The third kappa shape index (κ3) is 8.35. The predicted molar refractivity (Wildman–Crippen MR) is 154 cm³/mol. The number of fused-ring (bicyclic) bond motifs is 1. The Morgan fingerprint density at radius 2 is 1.16 bits per heavy atom. The van der Waals surface area contributed by atoms with Gasteiger partial charge in [-0.15, -0.1) is 23.5 Å². The van der Waals surface area contributed by atoms with E-state index in [1.165, 1.54) is 60.9 Å². The zero-order valence-corrected chi connectivity index (χ0v) is 22.5. The van der Waals surface area contributed by atoms with Crippen molar-refractivity contribution in [2.45, 2.75) is 54.7 Å². The van der Waals surface area contributed by atoms with Crippen molar-refractivity contribution in [2.24, 2.45) is 0 Å². The lowest BCUT2D eigenvalue weighted by atomic mass is 10.1. The standard InChI is InChI=1S/C32H31F2NS2/c33-28-13-10-25(11-14-28)31-17-16-30(22-32(31)34)37-19-7-5-3-1-2-4-6-18-36-29-15-12-26-20-24(23-35)8-9-27(26)21-29/h8-17,20-22H,1-7,18-19H2. The van der Waals surface area contributed by atoms with Gasteiger partial charge in [0, 0.05) is 15.4 Å². The zero-order valence-electron chi connectivity index (χ0n) is 20.9. The lowest BCUT2D eigenvalue weighted by Crippen LogP contribution is -1.88. The maximum absolute atomic E-state index is 14.5. The number of hydrogen-bond donors (Lipinski definition) is 0. The summed E-state index contributed by atoms with van der Waals surface area (Å²) in [6.45, 7) is 0. The van der Waals surface area contributed by atoms with Gasteiger partial charge in [-0.3, -0.25) is 0 Å². The predicted octanol–water partition coefficient (Wildman–Crippen LogP) is 10.3. The largest absolute Gasteiger partial charge is 0.207 e. The smallest absolute Gasteiger partial charge is 0.132 e. The Kier molecular flexibility index (Phi) is 10.5. The van der Waals surface area contributed by atoms with Gasteiger partial charge in [0.2, 0.25) is 0 Å². The number of thioether (sulfide) groups is 2. The first kappa shape index (κ1) is 27.2. The fraction of sp³-hybridized carbons (Fsp3) is 0.281. The van der Waals surface area contributed by atoms with Gasteiger partial charge in [0.25, 0.3) is 0 Å². The molecule has 37 heavy (non-hydrogen) atoms. The number of halogens is 2.